The third kappa shape index (κ3) is 3.95. The second-order valence-corrected chi connectivity index (χ2v) is 7.06. The van der Waals surface area contributed by atoms with Gasteiger partial charge < -0.3 is 9.88 Å². The van der Waals surface area contributed by atoms with Crippen LogP contribution < -0.4 is 16.2 Å². The molecule has 1 aromatic heterocycles. The van der Waals surface area contributed by atoms with Crippen molar-refractivity contribution in [2.75, 3.05) is 5.32 Å². The summed E-state index contributed by atoms with van der Waals surface area (Å²) in [6, 6.07) is 13.1. The Hall–Kier alpha value is -2.09. The van der Waals surface area contributed by atoms with Crippen molar-refractivity contribution in [2.45, 2.75) is 0 Å². The van der Waals surface area contributed by atoms with Crippen molar-refractivity contribution in [1.82, 2.24) is 15.4 Å². The number of hydrazine groups is 1. The van der Waals surface area contributed by atoms with Gasteiger partial charge in [0, 0.05) is 28.6 Å². The minimum absolute atomic E-state index is 0.234. The summed E-state index contributed by atoms with van der Waals surface area (Å²) in [6.07, 6.45) is 1.78. The molecule has 0 aliphatic heterocycles. The number of amides is 1. The number of hydrogen-bond donors (Lipinski definition) is 3. The summed E-state index contributed by atoms with van der Waals surface area (Å²) < 4.78 is 2.77. The predicted molar refractivity (Wildman–Crippen MR) is 109 cm³/mol. The second kappa shape index (κ2) is 7.43. The van der Waals surface area contributed by atoms with Crippen LogP contribution in [0.5, 0.6) is 0 Å². The summed E-state index contributed by atoms with van der Waals surface area (Å²) in [6.45, 7) is 0. The van der Waals surface area contributed by atoms with Gasteiger partial charge in [-0.3, -0.25) is 15.6 Å². The topological polar surface area (TPSA) is 58.1 Å². The number of fused-ring (bicyclic) bond motifs is 1. The molecule has 3 rings (SSSR count). The van der Waals surface area contributed by atoms with Crippen LogP contribution in [0.4, 0.5) is 5.69 Å². The number of nitrogens with zero attached hydrogens (tertiary/aromatic N) is 1. The van der Waals surface area contributed by atoms with Crippen LogP contribution >= 0.6 is 39.7 Å². The zero-order valence-electron chi connectivity index (χ0n) is 13.1. The average Bonchev–Trinajstić information content (AvgIpc) is 2.93. The number of carbonyl (C=O) groups is 1. The zero-order valence-corrected chi connectivity index (χ0v) is 16.3. The third-order valence-electron chi connectivity index (χ3n) is 3.61. The van der Waals surface area contributed by atoms with E-state index in [1.165, 1.54) is 0 Å². The Morgan fingerprint density at radius 1 is 1.20 bits per heavy atom. The summed E-state index contributed by atoms with van der Waals surface area (Å²) in [5.74, 6) is -0.275. The first-order valence-corrected chi connectivity index (χ1v) is 8.90. The number of hydrogen-bond acceptors (Lipinski definition) is 2. The number of para-hydroxylation sites is 1. The summed E-state index contributed by atoms with van der Waals surface area (Å²) in [5.41, 5.74) is 7.47. The SMILES string of the molecule is Cn1cc(C(=O)NNC(=S)Nc2ccc(Br)cc2Cl)c2ccccc21. The van der Waals surface area contributed by atoms with Crippen molar-refractivity contribution < 1.29 is 4.79 Å². The molecule has 1 heterocycles. The molecule has 0 fully saturated rings. The number of anilines is 1. The first-order chi connectivity index (χ1) is 12.0. The number of carbonyl (C=O) groups excluding carboxylic acids is 1. The fourth-order valence-corrected chi connectivity index (χ4v) is 3.33. The summed E-state index contributed by atoms with van der Waals surface area (Å²) in [4.78, 5) is 12.4. The van der Waals surface area contributed by atoms with Crippen molar-refractivity contribution in [2.24, 2.45) is 7.05 Å². The molecule has 8 heteroatoms. The molecule has 2 aromatic carbocycles. The van der Waals surface area contributed by atoms with E-state index in [0.29, 0.717) is 16.3 Å². The van der Waals surface area contributed by atoms with Gasteiger partial charge in [0.2, 0.25) is 0 Å². The molecule has 3 aromatic rings. The Bertz CT molecular complexity index is 972. The smallest absolute Gasteiger partial charge is 0.271 e. The van der Waals surface area contributed by atoms with Crippen LogP contribution in [0.1, 0.15) is 10.4 Å². The van der Waals surface area contributed by atoms with Gasteiger partial charge in [0.15, 0.2) is 5.11 Å². The van der Waals surface area contributed by atoms with Gasteiger partial charge in [0.25, 0.3) is 5.91 Å². The molecule has 128 valence electrons. The van der Waals surface area contributed by atoms with E-state index < -0.39 is 0 Å². The highest BCUT2D eigenvalue weighted by molar-refractivity contribution is 9.10. The predicted octanol–water partition coefficient (Wildman–Crippen LogP) is 4.23. The maximum atomic E-state index is 12.4. The molecule has 0 bridgehead atoms. The van der Waals surface area contributed by atoms with Crippen LogP contribution in [-0.2, 0) is 7.05 Å². The van der Waals surface area contributed by atoms with E-state index in [-0.39, 0.29) is 11.0 Å². The first kappa shape index (κ1) is 17.7. The van der Waals surface area contributed by atoms with Gasteiger partial charge in [-0.15, -0.1) is 0 Å². The fraction of sp³-hybridized carbons (Fsp3) is 0.0588. The molecule has 25 heavy (non-hydrogen) atoms. The van der Waals surface area contributed by atoms with E-state index in [4.69, 9.17) is 23.8 Å². The van der Waals surface area contributed by atoms with Crippen LogP contribution in [0.25, 0.3) is 10.9 Å². The quantitative estimate of drug-likeness (QED) is 0.415. The van der Waals surface area contributed by atoms with E-state index >= 15 is 0 Å². The number of aromatic nitrogens is 1. The number of aryl methyl sites for hydroxylation is 1. The number of benzene rings is 2. The lowest BCUT2D eigenvalue weighted by atomic mass is 10.2. The van der Waals surface area contributed by atoms with E-state index in [0.717, 1.165) is 15.4 Å². The van der Waals surface area contributed by atoms with Gasteiger partial charge in [-0.05, 0) is 36.5 Å². The molecule has 0 aliphatic carbocycles. The molecule has 5 nitrogen and oxygen atoms in total. The fourth-order valence-electron chi connectivity index (χ4n) is 2.45. The van der Waals surface area contributed by atoms with Crippen molar-refractivity contribution in [3.8, 4) is 0 Å². The zero-order chi connectivity index (χ0) is 18.0. The second-order valence-electron chi connectivity index (χ2n) is 5.33. The van der Waals surface area contributed by atoms with Crippen LogP contribution in [0.3, 0.4) is 0 Å². The molecule has 0 aliphatic rings. The van der Waals surface area contributed by atoms with Crippen LogP contribution in [0.15, 0.2) is 53.1 Å². The van der Waals surface area contributed by atoms with E-state index in [2.05, 4.69) is 32.1 Å². The highest BCUT2D eigenvalue weighted by Gasteiger charge is 2.13. The van der Waals surface area contributed by atoms with Gasteiger partial charge in [0.05, 0.1) is 16.3 Å². The lowest BCUT2D eigenvalue weighted by Crippen LogP contribution is -2.43. The van der Waals surface area contributed by atoms with Crippen molar-refractivity contribution in [3.05, 3.63) is 63.7 Å². The van der Waals surface area contributed by atoms with E-state index in [1.54, 1.807) is 18.3 Å². The summed E-state index contributed by atoms with van der Waals surface area (Å²) in [7, 11) is 1.90. The molecule has 3 N–H and O–H groups in total. The van der Waals surface area contributed by atoms with Gasteiger partial charge in [0.1, 0.15) is 0 Å². The van der Waals surface area contributed by atoms with E-state index in [1.807, 2.05) is 41.9 Å². The number of rotatable bonds is 2. The standard InChI is InChI=1S/C17H14BrClN4OS/c1-23-9-12(11-4-2-3-5-15(11)23)16(24)21-22-17(25)20-14-7-6-10(18)8-13(14)19/h2-9H,1H3,(H,21,24)(H2,20,22,25). The molecule has 1 amide bonds. The molecule has 0 saturated carbocycles. The van der Waals surface area contributed by atoms with E-state index in [9.17, 15) is 4.79 Å². The summed E-state index contributed by atoms with van der Waals surface area (Å²) >= 11 is 14.7. The molecule has 0 saturated heterocycles. The lowest BCUT2D eigenvalue weighted by molar-refractivity contribution is 0.0945. The van der Waals surface area contributed by atoms with Crippen LogP contribution in [-0.4, -0.2) is 15.6 Å². The Kier molecular flexibility index (Phi) is 5.27. The Labute approximate surface area is 163 Å². The van der Waals surface area contributed by atoms with Crippen LogP contribution in [0, 0.1) is 0 Å². The molecular weight excluding hydrogens is 424 g/mol. The van der Waals surface area contributed by atoms with Gasteiger partial charge >= 0.3 is 0 Å². The Morgan fingerprint density at radius 3 is 2.72 bits per heavy atom. The Balaban J connectivity index is 1.66. The van der Waals surface area contributed by atoms with Gasteiger partial charge in [-0.2, -0.15) is 0 Å². The van der Waals surface area contributed by atoms with Crippen LogP contribution in [0.2, 0.25) is 5.02 Å². The van der Waals surface area contributed by atoms with Crippen molar-refractivity contribution in [3.63, 3.8) is 0 Å². The maximum absolute atomic E-state index is 12.4. The Morgan fingerprint density at radius 2 is 1.96 bits per heavy atom. The molecule has 0 atom stereocenters. The molecule has 0 unspecified atom stereocenters. The third-order valence-corrected chi connectivity index (χ3v) is 4.62. The number of nitrogens with one attached hydrogen (secondary N) is 3. The normalized spacial score (nSPS) is 10.5. The maximum Gasteiger partial charge on any atom is 0.271 e. The summed E-state index contributed by atoms with van der Waals surface area (Å²) in [5, 5.41) is 4.56. The van der Waals surface area contributed by atoms with Gasteiger partial charge in [-0.1, -0.05) is 45.7 Å². The number of halogens is 2. The van der Waals surface area contributed by atoms with Crippen molar-refractivity contribution in [1.29, 1.82) is 0 Å². The average molecular weight is 438 g/mol. The first-order valence-electron chi connectivity index (χ1n) is 7.32. The minimum Gasteiger partial charge on any atom is -0.350 e. The monoisotopic (exact) mass is 436 g/mol. The molecule has 0 radical (unpaired) electrons. The highest BCUT2D eigenvalue weighted by atomic mass is 79.9. The van der Waals surface area contributed by atoms with Gasteiger partial charge in [-0.25, -0.2) is 0 Å². The minimum atomic E-state index is -0.275. The molecular formula is C17H14BrClN4OS. The lowest BCUT2D eigenvalue weighted by Gasteiger charge is -2.12. The number of thiocarbonyl (C=S) groups is 1. The van der Waals surface area contributed by atoms with Crippen molar-refractivity contribution >= 4 is 67.4 Å². The molecule has 0 spiro atoms. The highest BCUT2D eigenvalue weighted by Crippen LogP contribution is 2.25. The largest absolute Gasteiger partial charge is 0.350 e.